The number of nitrogens with one attached hydrogen (secondary N) is 1. The van der Waals surface area contributed by atoms with Crippen molar-refractivity contribution in [3.63, 3.8) is 0 Å². The Morgan fingerprint density at radius 1 is 1.30 bits per heavy atom. The fraction of sp³-hybridized carbons (Fsp3) is 0.400. The SMILES string of the molecule is O=C(NS(=O)(=O)c1cccc(-c2nnco2)c1)[C@@H]1C[C@@H]1C1CC1. The van der Waals surface area contributed by atoms with Crippen molar-refractivity contribution in [2.45, 2.75) is 24.2 Å². The molecule has 0 radical (unpaired) electrons. The third-order valence-corrected chi connectivity index (χ3v) is 5.73. The van der Waals surface area contributed by atoms with Crippen molar-refractivity contribution in [2.75, 3.05) is 0 Å². The zero-order valence-electron chi connectivity index (χ0n) is 12.2. The maximum absolute atomic E-state index is 12.4. The highest BCUT2D eigenvalue weighted by atomic mass is 32.2. The maximum atomic E-state index is 12.4. The fourth-order valence-corrected chi connectivity index (χ4v) is 4.00. The second-order valence-electron chi connectivity index (χ2n) is 6.08. The van der Waals surface area contributed by atoms with E-state index < -0.39 is 15.9 Å². The van der Waals surface area contributed by atoms with Crippen LogP contribution >= 0.6 is 0 Å². The fourth-order valence-electron chi connectivity index (χ4n) is 2.92. The monoisotopic (exact) mass is 333 g/mol. The standard InChI is InChI=1S/C15H15N3O4S/c19-14(13-7-12(13)9-4-5-9)18-23(20,21)11-3-1-2-10(6-11)15-17-16-8-22-15/h1-3,6,8-9,12-13H,4-5,7H2,(H,18,19)/t12-,13-/m1/s1. The molecule has 4 rings (SSSR count). The molecular formula is C15H15N3O4S. The minimum atomic E-state index is -3.90. The van der Waals surface area contributed by atoms with Crippen molar-refractivity contribution < 1.29 is 17.6 Å². The molecule has 0 spiro atoms. The molecule has 8 heteroatoms. The molecule has 0 saturated heterocycles. The highest BCUT2D eigenvalue weighted by Crippen LogP contribution is 2.54. The molecule has 2 aromatic rings. The van der Waals surface area contributed by atoms with Crippen LogP contribution in [0.25, 0.3) is 11.5 Å². The lowest BCUT2D eigenvalue weighted by molar-refractivity contribution is -0.120. The van der Waals surface area contributed by atoms with Crippen LogP contribution in [0.2, 0.25) is 0 Å². The summed E-state index contributed by atoms with van der Waals surface area (Å²) in [5, 5.41) is 7.31. The largest absolute Gasteiger partial charge is 0.423 e. The molecule has 1 aromatic carbocycles. The quantitative estimate of drug-likeness (QED) is 0.891. The van der Waals surface area contributed by atoms with E-state index in [-0.39, 0.29) is 16.7 Å². The molecule has 2 saturated carbocycles. The Kier molecular flexibility index (Phi) is 3.22. The summed E-state index contributed by atoms with van der Waals surface area (Å²) in [5.74, 6) is 0.662. The van der Waals surface area contributed by atoms with Crippen LogP contribution in [0.15, 0.2) is 40.0 Å². The van der Waals surface area contributed by atoms with Crippen LogP contribution in [-0.2, 0) is 14.8 Å². The van der Waals surface area contributed by atoms with Gasteiger partial charge in [0.05, 0.1) is 4.90 Å². The van der Waals surface area contributed by atoms with Gasteiger partial charge in [0.1, 0.15) is 0 Å². The highest BCUT2D eigenvalue weighted by molar-refractivity contribution is 7.90. The number of hydrogen-bond acceptors (Lipinski definition) is 6. The molecule has 0 unspecified atom stereocenters. The van der Waals surface area contributed by atoms with Gasteiger partial charge in [-0.25, -0.2) is 13.1 Å². The van der Waals surface area contributed by atoms with Gasteiger partial charge in [-0.3, -0.25) is 4.79 Å². The Hall–Kier alpha value is -2.22. The molecule has 0 aliphatic heterocycles. The number of aromatic nitrogens is 2. The lowest BCUT2D eigenvalue weighted by Gasteiger charge is -2.07. The summed E-state index contributed by atoms with van der Waals surface area (Å²) in [6.45, 7) is 0. The number of sulfonamides is 1. The number of amides is 1. The third-order valence-electron chi connectivity index (χ3n) is 4.39. The molecule has 2 atom stereocenters. The maximum Gasteiger partial charge on any atom is 0.264 e. The van der Waals surface area contributed by atoms with Gasteiger partial charge in [-0.1, -0.05) is 6.07 Å². The van der Waals surface area contributed by atoms with E-state index in [2.05, 4.69) is 14.9 Å². The smallest absolute Gasteiger partial charge is 0.264 e. The molecule has 1 amide bonds. The van der Waals surface area contributed by atoms with E-state index in [4.69, 9.17) is 4.42 Å². The third kappa shape index (κ3) is 2.86. The molecule has 0 bridgehead atoms. The first-order chi connectivity index (χ1) is 11.0. The topological polar surface area (TPSA) is 102 Å². The normalized spacial score (nSPS) is 23.5. The van der Waals surface area contributed by atoms with E-state index in [0.29, 0.717) is 17.4 Å². The van der Waals surface area contributed by atoms with Gasteiger partial charge in [0.25, 0.3) is 10.0 Å². The van der Waals surface area contributed by atoms with Crippen molar-refractivity contribution in [3.8, 4) is 11.5 Å². The lowest BCUT2D eigenvalue weighted by atomic mass is 10.2. The number of carbonyl (C=O) groups excluding carboxylic acids is 1. The first-order valence-electron chi connectivity index (χ1n) is 7.48. The number of nitrogens with zero attached hydrogens (tertiary/aromatic N) is 2. The molecule has 2 aliphatic carbocycles. The van der Waals surface area contributed by atoms with Crippen molar-refractivity contribution in [2.24, 2.45) is 17.8 Å². The van der Waals surface area contributed by atoms with Crippen LogP contribution in [-0.4, -0.2) is 24.5 Å². The van der Waals surface area contributed by atoms with Crippen molar-refractivity contribution in [1.29, 1.82) is 0 Å². The van der Waals surface area contributed by atoms with Crippen LogP contribution in [0.5, 0.6) is 0 Å². The molecule has 120 valence electrons. The molecule has 1 heterocycles. The molecule has 1 aromatic heterocycles. The summed E-state index contributed by atoms with van der Waals surface area (Å²) in [4.78, 5) is 12.1. The average Bonchev–Trinajstić information content (AvgIpc) is 3.43. The second-order valence-corrected chi connectivity index (χ2v) is 7.77. The molecule has 7 nitrogen and oxygen atoms in total. The van der Waals surface area contributed by atoms with Gasteiger partial charge in [0.2, 0.25) is 18.2 Å². The molecule has 23 heavy (non-hydrogen) atoms. The Morgan fingerprint density at radius 3 is 2.83 bits per heavy atom. The van der Waals surface area contributed by atoms with Gasteiger partial charge < -0.3 is 4.42 Å². The van der Waals surface area contributed by atoms with E-state index in [0.717, 1.165) is 19.3 Å². The Balaban J connectivity index is 1.52. The molecule has 2 aliphatic rings. The van der Waals surface area contributed by atoms with Gasteiger partial charge in [0, 0.05) is 11.5 Å². The summed E-state index contributed by atoms with van der Waals surface area (Å²) >= 11 is 0. The van der Waals surface area contributed by atoms with Crippen molar-refractivity contribution >= 4 is 15.9 Å². The van der Waals surface area contributed by atoms with Crippen LogP contribution < -0.4 is 4.72 Å². The number of hydrogen-bond donors (Lipinski definition) is 1. The zero-order valence-corrected chi connectivity index (χ0v) is 13.0. The summed E-state index contributed by atoms with van der Waals surface area (Å²) in [6, 6.07) is 6.08. The number of rotatable bonds is 5. The van der Waals surface area contributed by atoms with E-state index in [1.54, 1.807) is 12.1 Å². The van der Waals surface area contributed by atoms with Gasteiger partial charge in [0.15, 0.2) is 0 Å². The summed E-state index contributed by atoms with van der Waals surface area (Å²) in [5.41, 5.74) is 0.486. The number of benzene rings is 1. The summed E-state index contributed by atoms with van der Waals surface area (Å²) < 4.78 is 32.0. The molecular weight excluding hydrogens is 318 g/mol. The minimum absolute atomic E-state index is 0.00479. The van der Waals surface area contributed by atoms with E-state index in [1.165, 1.54) is 18.5 Å². The lowest BCUT2D eigenvalue weighted by Crippen LogP contribution is -2.32. The number of carbonyl (C=O) groups is 1. The van der Waals surface area contributed by atoms with Crippen molar-refractivity contribution in [3.05, 3.63) is 30.7 Å². The Morgan fingerprint density at radius 2 is 2.13 bits per heavy atom. The highest BCUT2D eigenvalue weighted by Gasteiger charge is 2.51. The predicted molar refractivity (Wildman–Crippen MR) is 79.4 cm³/mol. The molecule has 2 fully saturated rings. The van der Waals surface area contributed by atoms with E-state index in [9.17, 15) is 13.2 Å². The summed E-state index contributed by atoms with van der Waals surface area (Å²) in [7, 11) is -3.90. The zero-order chi connectivity index (χ0) is 16.0. The van der Waals surface area contributed by atoms with Crippen LogP contribution in [0.3, 0.4) is 0 Å². The van der Waals surface area contributed by atoms with Crippen molar-refractivity contribution in [1.82, 2.24) is 14.9 Å². The van der Waals surface area contributed by atoms with Crippen LogP contribution in [0.1, 0.15) is 19.3 Å². The Bertz CT molecular complexity index is 843. The van der Waals surface area contributed by atoms with Gasteiger partial charge >= 0.3 is 0 Å². The average molecular weight is 333 g/mol. The first-order valence-corrected chi connectivity index (χ1v) is 8.96. The minimum Gasteiger partial charge on any atom is -0.423 e. The van der Waals surface area contributed by atoms with Gasteiger partial charge in [-0.05, 0) is 49.3 Å². The van der Waals surface area contributed by atoms with Gasteiger partial charge in [-0.2, -0.15) is 0 Å². The Labute approximate surface area is 133 Å². The van der Waals surface area contributed by atoms with Crippen LogP contribution in [0, 0.1) is 17.8 Å². The van der Waals surface area contributed by atoms with Gasteiger partial charge in [-0.15, -0.1) is 10.2 Å². The first kappa shape index (κ1) is 14.4. The van der Waals surface area contributed by atoms with E-state index >= 15 is 0 Å². The summed E-state index contributed by atoms with van der Waals surface area (Å²) in [6.07, 6.45) is 4.29. The second kappa shape index (κ2) is 5.16. The van der Waals surface area contributed by atoms with Crippen LogP contribution in [0.4, 0.5) is 0 Å². The predicted octanol–water partition coefficient (Wildman–Crippen LogP) is 1.59. The van der Waals surface area contributed by atoms with E-state index in [1.807, 2.05) is 0 Å². The molecule has 1 N–H and O–H groups in total.